The average molecular weight is 233 g/mol. The van der Waals surface area contributed by atoms with E-state index in [0.29, 0.717) is 5.92 Å². The summed E-state index contributed by atoms with van der Waals surface area (Å²) in [5, 5.41) is 7.35. The summed E-state index contributed by atoms with van der Waals surface area (Å²) in [4.78, 5) is 2.25. The number of hydrogen-bond acceptors (Lipinski definition) is 2. The fourth-order valence-corrected chi connectivity index (χ4v) is 2.05. The van der Waals surface area contributed by atoms with Crippen molar-refractivity contribution in [3.05, 3.63) is 29.8 Å². The van der Waals surface area contributed by atoms with Crippen LogP contribution in [0.2, 0.25) is 0 Å². The highest BCUT2D eigenvalue weighted by Crippen LogP contribution is 2.16. The van der Waals surface area contributed by atoms with Crippen LogP contribution in [0.1, 0.15) is 32.3 Å². The quantitative estimate of drug-likeness (QED) is 0.586. The molecule has 1 aromatic carbocycles. The molecule has 0 aromatic heterocycles. The molecule has 3 N–H and O–H groups in total. The summed E-state index contributed by atoms with van der Waals surface area (Å²) in [5.41, 5.74) is 7.39. The monoisotopic (exact) mass is 233 g/mol. The molecule has 0 saturated carbocycles. The van der Waals surface area contributed by atoms with Crippen LogP contribution in [0, 0.1) is 11.3 Å². The zero-order valence-corrected chi connectivity index (χ0v) is 11.0. The highest BCUT2D eigenvalue weighted by atomic mass is 15.1. The van der Waals surface area contributed by atoms with Crippen molar-refractivity contribution in [2.75, 3.05) is 18.5 Å². The van der Waals surface area contributed by atoms with Crippen molar-refractivity contribution < 1.29 is 0 Å². The molecule has 1 aromatic rings. The zero-order chi connectivity index (χ0) is 12.8. The van der Waals surface area contributed by atoms with E-state index < -0.39 is 0 Å². The van der Waals surface area contributed by atoms with E-state index in [0.717, 1.165) is 12.1 Å². The molecular formula is C14H23N3. The van der Waals surface area contributed by atoms with Crippen molar-refractivity contribution >= 4 is 11.5 Å². The first-order valence-electron chi connectivity index (χ1n) is 6.20. The molecule has 0 heterocycles. The van der Waals surface area contributed by atoms with Crippen LogP contribution in [0.15, 0.2) is 24.3 Å². The molecule has 94 valence electrons. The van der Waals surface area contributed by atoms with Crippen LogP contribution in [0.5, 0.6) is 0 Å². The molecule has 0 saturated heterocycles. The largest absolute Gasteiger partial charge is 0.384 e. The lowest BCUT2D eigenvalue weighted by Crippen LogP contribution is -2.24. The number of nitrogen functional groups attached to an aromatic ring is 1. The Balaban J connectivity index is 2.63. The minimum Gasteiger partial charge on any atom is -0.384 e. The number of nitrogens with one attached hydrogen (secondary N) is 1. The van der Waals surface area contributed by atoms with Crippen LogP contribution in [0.4, 0.5) is 5.69 Å². The van der Waals surface area contributed by atoms with E-state index in [-0.39, 0.29) is 5.84 Å². The third-order valence-electron chi connectivity index (χ3n) is 2.99. The van der Waals surface area contributed by atoms with E-state index in [1.165, 1.54) is 18.5 Å². The maximum atomic E-state index is 7.35. The molecule has 0 fully saturated rings. The second kappa shape index (κ2) is 6.28. The molecule has 0 aliphatic carbocycles. The van der Waals surface area contributed by atoms with Crippen LogP contribution in [-0.2, 0) is 0 Å². The zero-order valence-electron chi connectivity index (χ0n) is 11.0. The van der Waals surface area contributed by atoms with Gasteiger partial charge in [0.05, 0.1) is 0 Å². The predicted molar refractivity (Wildman–Crippen MR) is 74.8 cm³/mol. The fourth-order valence-electron chi connectivity index (χ4n) is 2.05. The smallest absolute Gasteiger partial charge is 0.122 e. The number of hydrogen-bond donors (Lipinski definition) is 2. The first kappa shape index (κ1) is 13.6. The minimum atomic E-state index is 0.124. The topological polar surface area (TPSA) is 53.1 Å². The van der Waals surface area contributed by atoms with E-state index >= 15 is 0 Å². The third-order valence-corrected chi connectivity index (χ3v) is 2.99. The van der Waals surface area contributed by atoms with Crippen LogP contribution in [0.25, 0.3) is 0 Å². The van der Waals surface area contributed by atoms with E-state index in [1.807, 2.05) is 24.3 Å². The van der Waals surface area contributed by atoms with Gasteiger partial charge in [0.15, 0.2) is 0 Å². The number of nitrogens with zero attached hydrogens (tertiary/aromatic N) is 1. The van der Waals surface area contributed by atoms with Crippen LogP contribution < -0.4 is 10.6 Å². The van der Waals surface area contributed by atoms with Crippen LogP contribution in [0.3, 0.4) is 0 Å². The molecule has 0 aliphatic heterocycles. The van der Waals surface area contributed by atoms with Crippen molar-refractivity contribution in [2.24, 2.45) is 11.7 Å². The molecule has 17 heavy (non-hydrogen) atoms. The van der Waals surface area contributed by atoms with Gasteiger partial charge in [-0.2, -0.15) is 0 Å². The van der Waals surface area contributed by atoms with Gasteiger partial charge in [-0.05, 0) is 36.6 Å². The van der Waals surface area contributed by atoms with Crippen molar-refractivity contribution in [3.8, 4) is 0 Å². The molecule has 1 unspecified atom stereocenters. The molecule has 0 amide bonds. The van der Waals surface area contributed by atoms with E-state index in [9.17, 15) is 0 Å². The fraction of sp³-hybridized carbons (Fsp3) is 0.500. The van der Waals surface area contributed by atoms with Gasteiger partial charge < -0.3 is 10.6 Å². The van der Waals surface area contributed by atoms with Crippen molar-refractivity contribution in [1.82, 2.24) is 0 Å². The maximum Gasteiger partial charge on any atom is 0.122 e. The third kappa shape index (κ3) is 4.10. The Bertz CT molecular complexity index is 356. The summed E-state index contributed by atoms with van der Waals surface area (Å²) in [7, 11) is 2.11. The number of benzene rings is 1. The second-order valence-corrected chi connectivity index (χ2v) is 4.73. The Kier molecular flexibility index (Phi) is 5.01. The predicted octanol–water partition coefficient (Wildman–Crippen LogP) is 2.84. The van der Waals surface area contributed by atoms with Crippen LogP contribution >= 0.6 is 0 Å². The standard InChI is InChI=1S/C14H23N3/c1-4-5-11(2)10-17(3)13-8-6-12(7-9-13)14(15)16/h6-9,11H,4-5,10H2,1-3H3,(H3,15,16). The van der Waals surface area contributed by atoms with Gasteiger partial charge in [0.1, 0.15) is 5.84 Å². The van der Waals surface area contributed by atoms with E-state index in [2.05, 4.69) is 25.8 Å². The minimum absolute atomic E-state index is 0.124. The van der Waals surface area contributed by atoms with Gasteiger partial charge in [0.25, 0.3) is 0 Å². The first-order chi connectivity index (χ1) is 8.04. The Morgan fingerprint density at radius 1 is 1.35 bits per heavy atom. The van der Waals surface area contributed by atoms with Gasteiger partial charge in [-0.3, -0.25) is 5.41 Å². The maximum absolute atomic E-state index is 7.35. The summed E-state index contributed by atoms with van der Waals surface area (Å²) in [6, 6.07) is 7.85. The van der Waals surface area contributed by atoms with Crippen LogP contribution in [-0.4, -0.2) is 19.4 Å². The van der Waals surface area contributed by atoms with Gasteiger partial charge in [-0.25, -0.2) is 0 Å². The number of amidine groups is 1. The summed E-state index contributed by atoms with van der Waals surface area (Å²) in [5.74, 6) is 0.830. The lowest BCUT2D eigenvalue weighted by Gasteiger charge is -2.23. The molecule has 1 rings (SSSR count). The summed E-state index contributed by atoms with van der Waals surface area (Å²) < 4.78 is 0. The van der Waals surface area contributed by atoms with E-state index in [1.54, 1.807) is 0 Å². The van der Waals surface area contributed by atoms with Gasteiger partial charge in [0.2, 0.25) is 0 Å². The molecule has 0 aliphatic rings. The molecule has 3 nitrogen and oxygen atoms in total. The number of nitrogens with two attached hydrogens (primary N) is 1. The lowest BCUT2D eigenvalue weighted by atomic mass is 10.1. The molecular weight excluding hydrogens is 210 g/mol. The molecule has 0 bridgehead atoms. The van der Waals surface area contributed by atoms with Crippen molar-refractivity contribution in [2.45, 2.75) is 26.7 Å². The molecule has 0 radical (unpaired) electrons. The number of anilines is 1. The van der Waals surface area contributed by atoms with Gasteiger partial charge in [-0.1, -0.05) is 20.3 Å². The molecule has 1 atom stereocenters. The molecule has 0 spiro atoms. The summed E-state index contributed by atoms with van der Waals surface area (Å²) >= 11 is 0. The highest BCUT2D eigenvalue weighted by molar-refractivity contribution is 5.95. The lowest BCUT2D eigenvalue weighted by molar-refractivity contribution is 0.524. The first-order valence-corrected chi connectivity index (χ1v) is 6.20. The Morgan fingerprint density at radius 2 is 1.94 bits per heavy atom. The summed E-state index contributed by atoms with van der Waals surface area (Å²) in [6.07, 6.45) is 2.49. The van der Waals surface area contributed by atoms with Crippen molar-refractivity contribution in [1.29, 1.82) is 5.41 Å². The number of rotatable bonds is 6. The second-order valence-electron chi connectivity index (χ2n) is 4.73. The Hall–Kier alpha value is -1.51. The normalized spacial score (nSPS) is 12.2. The Morgan fingerprint density at radius 3 is 2.41 bits per heavy atom. The van der Waals surface area contributed by atoms with Crippen molar-refractivity contribution in [3.63, 3.8) is 0 Å². The van der Waals surface area contributed by atoms with E-state index in [4.69, 9.17) is 11.1 Å². The Labute approximate surface area is 104 Å². The van der Waals surface area contributed by atoms with Gasteiger partial charge in [0, 0.05) is 24.8 Å². The summed E-state index contributed by atoms with van der Waals surface area (Å²) in [6.45, 7) is 5.56. The molecule has 3 heteroatoms. The average Bonchev–Trinajstić information content (AvgIpc) is 2.29. The van der Waals surface area contributed by atoms with Gasteiger partial charge in [-0.15, -0.1) is 0 Å². The van der Waals surface area contributed by atoms with Gasteiger partial charge >= 0.3 is 0 Å². The SMILES string of the molecule is CCCC(C)CN(C)c1ccc(C(=N)N)cc1. The highest BCUT2D eigenvalue weighted by Gasteiger charge is 2.06.